The lowest BCUT2D eigenvalue weighted by atomic mass is 9.83. The second-order valence-corrected chi connectivity index (χ2v) is 5.67. The predicted octanol–water partition coefficient (Wildman–Crippen LogP) is 3.40. The van der Waals surface area contributed by atoms with Crippen molar-refractivity contribution in [3.8, 4) is 0 Å². The minimum Gasteiger partial charge on any atom is -0.324 e. The van der Waals surface area contributed by atoms with Gasteiger partial charge in [0.2, 0.25) is 0 Å². The molecule has 0 radical (unpaired) electrons. The molecular formula is C11H15BrN2O2. The van der Waals surface area contributed by atoms with Gasteiger partial charge in [0, 0.05) is 12.1 Å². The highest BCUT2D eigenvalue weighted by molar-refractivity contribution is 9.10. The first-order valence-corrected chi connectivity index (χ1v) is 5.72. The van der Waals surface area contributed by atoms with E-state index >= 15 is 0 Å². The molecule has 1 aromatic carbocycles. The standard InChI is InChI=1S/C11H15BrN2O2/c1-11(2,3)10(13)7-4-5-8(12)9(6-7)14(15)16/h4-6,10H,13H2,1-3H3/t10-/m1/s1. The third kappa shape index (κ3) is 2.80. The number of nitro groups is 1. The van der Waals surface area contributed by atoms with Crippen molar-refractivity contribution >= 4 is 21.6 Å². The van der Waals surface area contributed by atoms with Crippen LogP contribution in [0.1, 0.15) is 32.4 Å². The molecule has 16 heavy (non-hydrogen) atoms. The average Bonchev–Trinajstić information content (AvgIpc) is 2.15. The highest BCUT2D eigenvalue weighted by Gasteiger charge is 2.24. The topological polar surface area (TPSA) is 69.2 Å². The third-order valence-corrected chi connectivity index (χ3v) is 3.13. The van der Waals surface area contributed by atoms with Gasteiger partial charge >= 0.3 is 0 Å². The van der Waals surface area contributed by atoms with E-state index in [1.807, 2.05) is 26.8 Å². The summed E-state index contributed by atoms with van der Waals surface area (Å²) >= 11 is 3.15. The van der Waals surface area contributed by atoms with Gasteiger partial charge in [-0.1, -0.05) is 26.8 Å². The van der Waals surface area contributed by atoms with E-state index in [0.29, 0.717) is 4.47 Å². The zero-order valence-electron chi connectivity index (χ0n) is 9.53. The lowest BCUT2D eigenvalue weighted by molar-refractivity contribution is -0.385. The third-order valence-electron chi connectivity index (χ3n) is 2.46. The van der Waals surface area contributed by atoms with Crippen LogP contribution in [0.4, 0.5) is 5.69 Å². The zero-order chi connectivity index (χ0) is 12.5. The van der Waals surface area contributed by atoms with Gasteiger partial charge in [0.15, 0.2) is 0 Å². The van der Waals surface area contributed by atoms with Crippen LogP contribution in [0.3, 0.4) is 0 Å². The maximum absolute atomic E-state index is 10.8. The normalized spacial score (nSPS) is 13.6. The van der Waals surface area contributed by atoms with Crippen molar-refractivity contribution in [2.75, 3.05) is 0 Å². The molecule has 0 aliphatic rings. The van der Waals surface area contributed by atoms with E-state index < -0.39 is 4.92 Å². The Morgan fingerprint density at radius 3 is 2.44 bits per heavy atom. The molecule has 0 aliphatic carbocycles. The maximum atomic E-state index is 10.8. The minimum absolute atomic E-state index is 0.0530. The van der Waals surface area contributed by atoms with E-state index in [1.54, 1.807) is 6.07 Å². The molecule has 1 atom stereocenters. The maximum Gasteiger partial charge on any atom is 0.283 e. The molecule has 0 aliphatic heterocycles. The largest absolute Gasteiger partial charge is 0.324 e. The molecule has 0 saturated carbocycles. The van der Waals surface area contributed by atoms with Gasteiger partial charge in [0.1, 0.15) is 0 Å². The quantitative estimate of drug-likeness (QED) is 0.669. The predicted molar refractivity (Wildman–Crippen MR) is 67.2 cm³/mol. The smallest absolute Gasteiger partial charge is 0.283 e. The van der Waals surface area contributed by atoms with Gasteiger partial charge < -0.3 is 5.73 Å². The molecule has 88 valence electrons. The lowest BCUT2D eigenvalue weighted by Crippen LogP contribution is -2.26. The second kappa shape index (κ2) is 4.51. The van der Waals surface area contributed by atoms with Crippen molar-refractivity contribution in [2.45, 2.75) is 26.8 Å². The Kier molecular flexibility index (Phi) is 3.70. The monoisotopic (exact) mass is 286 g/mol. The number of nitrogens with two attached hydrogens (primary N) is 1. The fourth-order valence-electron chi connectivity index (χ4n) is 1.36. The van der Waals surface area contributed by atoms with Crippen molar-refractivity contribution in [1.82, 2.24) is 0 Å². The highest BCUT2D eigenvalue weighted by Crippen LogP contribution is 2.34. The van der Waals surface area contributed by atoms with E-state index in [1.165, 1.54) is 6.07 Å². The summed E-state index contributed by atoms with van der Waals surface area (Å²) in [4.78, 5) is 10.4. The Bertz CT molecular complexity index is 413. The molecule has 0 saturated heterocycles. The van der Waals surface area contributed by atoms with Gasteiger partial charge in [-0.15, -0.1) is 0 Å². The van der Waals surface area contributed by atoms with E-state index in [2.05, 4.69) is 15.9 Å². The summed E-state index contributed by atoms with van der Waals surface area (Å²) < 4.78 is 0.474. The number of nitro benzene ring substituents is 1. The summed E-state index contributed by atoms with van der Waals surface area (Å²) in [5.74, 6) is 0. The van der Waals surface area contributed by atoms with Crippen LogP contribution in [-0.2, 0) is 0 Å². The number of halogens is 1. The van der Waals surface area contributed by atoms with Crippen LogP contribution in [0.15, 0.2) is 22.7 Å². The molecule has 0 unspecified atom stereocenters. The molecule has 4 nitrogen and oxygen atoms in total. The molecule has 1 rings (SSSR count). The Hall–Kier alpha value is -0.940. The number of rotatable bonds is 2. The summed E-state index contributed by atoms with van der Waals surface area (Å²) in [5, 5.41) is 10.8. The molecule has 2 N–H and O–H groups in total. The number of benzene rings is 1. The molecule has 0 fully saturated rings. The van der Waals surface area contributed by atoms with Crippen molar-refractivity contribution < 1.29 is 4.92 Å². The summed E-state index contributed by atoms with van der Waals surface area (Å²) in [6.07, 6.45) is 0. The van der Waals surface area contributed by atoms with Crippen molar-refractivity contribution in [3.05, 3.63) is 38.3 Å². The zero-order valence-corrected chi connectivity index (χ0v) is 11.1. The summed E-state index contributed by atoms with van der Waals surface area (Å²) in [6.45, 7) is 6.02. The summed E-state index contributed by atoms with van der Waals surface area (Å²) in [5.41, 5.74) is 6.76. The van der Waals surface area contributed by atoms with Crippen molar-refractivity contribution in [3.63, 3.8) is 0 Å². The number of hydrogen-bond acceptors (Lipinski definition) is 3. The first-order chi connectivity index (χ1) is 7.23. The number of hydrogen-bond donors (Lipinski definition) is 1. The fourth-order valence-corrected chi connectivity index (χ4v) is 1.75. The summed E-state index contributed by atoms with van der Waals surface area (Å²) in [6, 6.07) is 4.78. The van der Waals surface area contributed by atoms with Crippen molar-refractivity contribution in [2.24, 2.45) is 11.1 Å². The van der Waals surface area contributed by atoms with Crippen LogP contribution in [0.25, 0.3) is 0 Å². The van der Waals surface area contributed by atoms with Gasteiger partial charge in [-0.2, -0.15) is 0 Å². The molecule has 0 aromatic heterocycles. The van der Waals surface area contributed by atoms with Crippen LogP contribution < -0.4 is 5.73 Å². The Labute approximate surface area is 103 Å². The second-order valence-electron chi connectivity index (χ2n) is 4.81. The fraction of sp³-hybridized carbons (Fsp3) is 0.455. The molecule has 5 heteroatoms. The Balaban J connectivity index is 3.18. The van der Waals surface area contributed by atoms with E-state index in [4.69, 9.17) is 5.73 Å². The molecular weight excluding hydrogens is 272 g/mol. The van der Waals surface area contributed by atoms with Crippen LogP contribution in [-0.4, -0.2) is 4.92 Å². The van der Waals surface area contributed by atoms with Crippen LogP contribution in [0.2, 0.25) is 0 Å². The molecule has 0 spiro atoms. The van der Waals surface area contributed by atoms with Crippen LogP contribution >= 0.6 is 15.9 Å². The molecule has 0 heterocycles. The number of nitrogens with zero attached hydrogens (tertiary/aromatic N) is 1. The van der Waals surface area contributed by atoms with E-state index in [9.17, 15) is 10.1 Å². The van der Waals surface area contributed by atoms with Gasteiger partial charge in [-0.25, -0.2) is 0 Å². The van der Waals surface area contributed by atoms with Gasteiger partial charge in [-0.05, 0) is 33.0 Å². The van der Waals surface area contributed by atoms with Crippen LogP contribution in [0.5, 0.6) is 0 Å². The van der Waals surface area contributed by atoms with Crippen LogP contribution in [0, 0.1) is 15.5 Å². The molecule has 0 bridgehead atoms. The summed E-state index contributed by atoms with van der Waals surface area (Å²) in [7, 11) is 0. The molecule has 1 aromatic rings. The molecule has 0 amide bonds. The SMILES string of the molecule is CC(C)(C)[C@H](N)c1ccc(Br)c([N+](=O)[O-])c1. The van der Waals surface area contributed by atoms with Gasteiger partial charge in [0.25, 0.3) is 5.69 Å². The van der Waals surface area contributed by atoms with Crippen molar-refractivity contribution in [1.29, 1.82) is 0 Å². The Morgan fingerprint density at radius 1 is 1.44 bits per heavy atom. The first kappa shape index (κ1) is 13.1. The van der Waals surface area contributed by atoms with E-state index in [-0.39, 0.29) is 17.1 Å². The van der Waals surface area contributed by atoms with E-state index in [0.717, 1.165) is 5.56 Å². The first-order valence-electron chi connectivity index (χ1n) is 4.93. The lowest BCUT2D eigenvalue weighted by Gasteiger charge is -2.27. The average molecular weight is 287 g/mol. The Morgan fingerprint density at radius 2 is 2.00 bits per heavy atom. The van der Waals surface area contributed by atoms with Gasteiger partial charge in [-0.3, -0.25) is 10.1 Å². The highest BCUT2D eigenvalue weighted by atomic mass is 79.9. The minimum atomic E-state index is -0.414. The van der Waals surface area contributed by atoms with Gasteiger partial charge in [0.05, 0.1) is 9.40 Å².